The fraction of sp³-hybridized carbons (Fsp3) is 0.391. The smallest absolute Gasteiger partial charge is 0.262 e. The largest absolute Gasteiger partial charge is 0.497 e. The van der Waals surface area contributed by atoms with Crippen molar-refractivity contribution in [2.45, 2.75) is 24.7 Å². The standard InChI is InChI=1S/C23H26ClN3O7S/c1-13-7-17-18(34-12-21(28)25-17)10-20(13)35(30,31)27-6-4-5-14(11-27)23(29)26-22-16(24)8-15(32-2)9-19(22)33-3/h7-10,14H,4-6,11-12H2,1-3H3,(H,25,28)(H,26,29)/t14-/m0/s1. The average molecular weight is 524 g/mol. The van der Waals surface area contributed by atoms with Crippen LogP contribution in [0.2, 0.25) is 5.02 Å². The van der Waals surface area contributed by atoms with Gasteiger partial charge in [-0.1, -0.05) is 11.6 Å². The van der Waals surface area contributed by atoms with E-state index in [0.717, 1.165) is 0 Å². The maximum absolute atomic E-state index is 13.5. The third kappa shape index (κ3) is 5.02. The van der Waals surface area contributed by atoms with Crippen molar-refractivity contribution in [3.05, 3.63) is 34.9 Å². The van der Waals surface area contributed by atoms with Gasteiger partial charge in [-0.15, -0.1) is 0 Å². The van der Waals surface area contributed by atoms with Gasteiger partial charge in [-0.2, -0.15) is 4.31 Å². The van der Waals surface area contributed by atoms with Crippen molar-refractivity contribution in [2.75, 3.05) is 44.5 Å². The maximum Gasteiger partial charge on any atom is 0.262 e. The highest BCUT2D eigenvalue weighted by atomic mass is 35.5. The normalized spacial score (nSPS) is 18.2. The van der Waals surface area contributed by atoms with Gasteiger partial charge in [0.05, 0.1) is 35.7 Å². The highest BCUT2D eigenvalue weighted by Gasteiger charge is 2.35. The van der Waals surface area contributed by atoms with E-state index < -0.39 is 15.9 Å². The Hall–Kier alpha value is -3.02. The summed E-state index contributed by atoms with van der Waals surface area (Å²) in [6, 6.07) is 6.15. The number of rotatable bonds is 6. The lowest BCUT2D eigenvalue weighted by atomic mass is 9.98. The molecule has 2 aromatic carbocycles. The fourth-order valence-electron chi connectivity index (χ4n) is 4.19. The van der Waals surface area contributed by atoms with Gasteiger partial charge >= 0.3 is 0 Å². The summed E-state index contributed by atoms with van der Waals surface area (Å²) in [5.74, 6) is -0.144. The van der Waals surface area contributed by atoms with Crippen molar-refractivity contribution >= 4 is 44.8 Å². The van der Waals surface area contributed by atoms with E-state index in [9.17, 15) is 18.0 Å². The van der Waals surface area contributed by atoms with Crippen LogP contribution in [0.15, 0.2) is 29.2 Å². The molecule has 0 radical (unpaired) electrons. The number of methoxy groups -OCH3 is 2. The van der Waals surface area contributed by atoms with Gasteiger partial charge in [0.15, 0.2) is 6.61 Å². The van der Waals surface area contributed by atoms with Crippen molar-refractivity contribution in [2.24, 2.45) is 5.92 Å². The summed E-state index contributed by atoms with van der Waals surface area (Å²) in [6.07, 6.45) is 1.04. The first-order valence-corrected chi connectivity index (χ1v) is 12.8. The quantitative estimate of drug-likeness (QED) is 0.596. The minimum atomic E-state index is -3.92. The first kappa shape index (κ1) is 25.1. The molecule has 2 amide bonds. The molecule has 0 aromatic heterocycles. The number of sulfonamides is 1. The summed E-state index contributed by atoms with van der Waals surface area (Å²) in [6.45, 7) is 1.77. The molecular weight excluding hydrogens is 498 g/mol. The molecule has 1 saturated heterocycles. The number of nitrogens with one attached hydrogen (secondary N) is 2. The van der Waals surface area contributed by atoms with Crippen LogP contribution >= 0.6 is 11.6 Å². The van der Waals surface area contributed by atoms with Crippen LogP contribution < -0.4 is 24.8 Å². The third-order valence-electron chi connectivity index (χ3n) is 6.01. The molecule has 12 heteroatoms. The number of piperidine rings is 1. The molecule has 1 fully saturated rings. The Labute approximate surface area is 208 Å². The first-order chi connectivity index (χ1) is 16.6. The number of nitrogens with zero attached hydrogens (tertiary/aromatic N) is 1. The van der Waals surface area contributed by atoms with Gasteiger partial charge in [-0.3, -0.25) is 9.59 Å². The molecule has 0 bridgehead atoms. The van der Waals surface area contributed by atoms with Gasteiger partial charge < -0.3 is 24.8 Å². The Kier molecular flexibility index (Phi) is 7.11. The molecular formula is C23H26ClN3O7S. The van der Waals surface area contributed by atoms with E-state index in [2.05, 4.69) is 10.6 Å². The summed E-state index contributed by atoms with van der Waals surface area (Å²) in [7, 11) is -0.973. The number of carbonyl (C=O) groups excluding carboxylic acids is 2. The average Bonchev–Trinajstić information content (AvgIpc) is 2.84. The summed E-state index contributed by atoms with van der Waals surface area (Å²) >= 11 is 6.32. The summed E-state index contributed by atoms with van der Waals surface area (Å²) in [5.41, 5.74) is 1.19. The Morgan fingerprint density at radius 2 is 2.00 bits per heavy atom. The predicted molar refractivity (Wildman–Crippen MR) is 130 cm³/mol. The monoisotopic (exact) mass is 523 g/mol. The molecule has 2 aliphatic rings. The minimum Gasteiger partial charge on any atom is -0.497 e. The number of carbonyl (C=O) groups is 2. The van der Waals surface area contributed by atoms with Gasteiger partial charge in [0.25, 0.3) is 5.91 Å². The molecule has 4 rings (SSSR count). The van der Waals surface area contributed by atoms with Crippen molar-refractivity contribution in [1.82, 2.24) is 4.31 Å². The lowest BCUT2D eigenvalue weighted by Gasteiger charge is -2.32. The van der Waals surface area contributed by atoms with E-state index in [4.69, 9.17) is 25.8 Å². The lowest BCUT2D eigenvalue weighted by Crippen LogP contribution is -2.44. The zero-order valence-corrected chi connectivity index (χ0v) is 21.1. The molecule has 2 aromatic rings. The van der Waals surface area contributed by atoms with Crippen LogP contribution in [0.5, 0.6) is 17.2 Å². The zero-order valence-electron chi connectivity index (χ0n) is 19.5. The molecule has 2 heterocycles. The second-order valence-corrected chi connectivity index (χ2v) is 10.6. The number of hydrogen-bond donors (Lipinski definition) is 2. The van der Waals surface area contributed by atoms with Gasteiger partial charge in [0.2, 0.25) is 15.9 Å². The summed E-state index contributed by atoms with van der Waals surface area (Å²) in [5, 5.41) is 5.70. The number of ether oxygens (including phenoxy) is 3. The van der Waals surface area contributed by atoms with Crippen LogP contribution in [0.25, 0.3) is 0 Å². The highest BCUT2D eigenvalue weighted by Crippen LogP contribution is 2.38. The molecule has 35 heavy (non-hydrogen) atoms. The molecule has 2 aliphatic heterocycles. The zero-order chi connectivity index (χ0) is 25.3. The molecule has 1 atom stereocenters. The van der Waals surface area contributed by atoms with E-state index in [1.807, 2.05) is 0 Å². The summed E-state index contributed by atoms with van der Waals surface area (Å²) < 4.78 is 44.2. The Morgan fingerprint density at radius 1 is 1.23 bits per heavy atom. The number of halogens is 1. The van der Waals surface area contributed by atoms with Crippen molar-refractivity contribution in [3.63, 3.8) is 0 Å². The van der Waals surface area contributed by atoms with Crippen LogP contribution in [0.4, 0.5) is 11.4 Å². The van der Waals surface area contributed by atoms with Gasteiger partial charge in [-0.25, -0.2) is 8.42 Å². The summed E-state index contributed by atoms with van der Waals surface area (Å²) in [4.78, 5) is 24.7. The molecule has 0 saturated carbocycles. The van der Waals surface area contributed by atoms with Crippen LogP contribution in [-0.4, -0.2) is 58.5 Å². The molecule has 0 aliphatic carbocycles. The molecule has 10 nitrogen and oxygen atoms in total. The number of hydrogen-bond acceptors (Lipinski definition) is 7. The molecule has 188 valence electrons. The van der Waals surface area contributed by atoms with Crippen molar-refractivity contribution in [1.29, 1.82) is 0 Å². The Morgan fingerprint density at radius 3 is 2.71 bits per heavy atom. The van der Waals surface area contributed by atoms with Gasteiger partial charge in [0, 0.05) is 31.3 Å². The Balaban J connectivity index is 1.54. The van der Waals surface area contributed by atoms with E-state index in [0.29, 0.717) is 47.0 Å². The van der Waals surface area contributed by atoms with E-state index in [1.165, 1.54) is 24.6 Å². The van der Waals surface area contributed by atoms with Crippen molar-refractivity contribution < 1.29 is 32.2 Å². The SMILES string of the molecule is COc1cc(Cl)c(NC(=O)[C@H]2CCCN(S(=O)(=O)c3cc4c(cc3C)NC(=O)CO4)C2)c(OC)c1. The Bertz CT molecular complexity index is 1280. The van der Waals surface area contributed by atoms with E-state index in [1.54, 1.807) is 25.1 Å². The highest BCUT2D eigenvalue weighted by molar-refractivity contribution is 7.89. The molecule has 0 unspecified atom stereocenters. The number of fused-ring (bicyclic) bond motifs is 1. The van der Waals surface area contributed by atoms with E-state index >= 15 is 0 Å². The van der Waals surface area contributed by atoms with Crippen LogP contribution in [0.3, 0.4) is 0 Å². The van der Waals surface area contributed by atoms with Crippen LogP contribution in [-0.2, 0) is 19.6 Å². The van der Waals surface area contributed by atoms with Crippen molar-refractivity contribution in [3.8, 4) is 17.2 Å². The third-order valence-corrected chi connectivity index (χ3v) is 8.32. The van der Waals surface area contributed by atoms with E-state index in [-0.39, 0.29) is 41.4 Å². The minimum absolute atomic E-state index is 0.0123. The number of aryl methyl sites for hydroxylation is 1. The fourth-order valence-corrected chi connectivity index (χ4v) is 6.18. The topological polar surface area (TPSA) is 123 Å². The number of anilines is 2. The first-order valence-electron chi connectivity index (χ1n) is 10.9. The maximum atomic E-state index is 13.5. The van der Waals surface area contributed by atoms with Gasteiger partial charge in [-0.05, 0) is 31.4 Å². The molecule has 2 N–H and O–H groups in total. The second-order valence-electron chi connectivity index (χ2n) is 8.33. The second kappa shape index (κ2) is 9.92. The van der Waals surface area contributed by atoms with Crippen LogP contribution in [0, 0.1) is 12.8 Å². The number of amides is 2. The lowest BCUT2D eigenvalue weighted by molar-refractivity contribution is -0.121. The van der Waals surface area contributed by atoms with Crippen LogP contribution in [0.1, 0.15) is 18.4 Å². The van der Waals surface area contributed by atoms with Gasteiger partial charge in [0.1, 0.15) is 22.9 Å². The number of benzene rings is 2. The predicted octanol–water partition coefficient (Wildman–Crippen LogP) is 3.04. The molecule has 0 spiro atoms.